The first-order valence-electron chi connectivity index (χ1n) is 6.08. The second-order valence-corrected chi connectivity index (χ2v) is 4.46. The van der Waals surface area contributed by atoms with E-state index in [1.54, 1.807) is 29.2 Å². The number of halogens is 2. The molecule has 1 aliphatic rings. The molecule has 1 aliphatic heterocycles. The van der Waals surface area contributed by atoms with Crippen LogP contribution in [0.25, 0.3) is 0 Å². The minimum absolute atomic E-state index is 0.111. The molecule has 0 aliphatic carbocycles. The summed E-state index contributed by atoms with van der Waals surface area (Å²) in [6.07, 6.45) is -2.74. The highest BCUT2D eigenvalue weighted by atomic mass is 19.3. The Morgan fingerprint density at radius 2 is 2.00 bits per heavy atom. The van der Waals surface area contributed by atoms with E-state index in [0.29, 0.717) is 25.2 Å². The number of rotatable bonds is 5. The molecule has 2 rings (SSSR count). The van der Waals surface area contributed by atoms with Crippen LogP contribution in [0.2, 0.25) is 0 Å². The highest BCUT2D eigenvalue weighted by Crippen LogP contribution is 2.17. The van der Waals surface area contributed by atoms with Crippen LogP contribution >= 0.6 is 0 Å². The van der Waals surface area contributed by atoms with E-state index < -0.39 is 13.0 Å². The minimum Gasteiger partial charge on any atom is -0.369 e. The topological polar surface area (TPSA) is 55.6 Å². The van der Waals surface area contributed by atoms with Crippen LogP contribution in [0.1, 0.15) is 15.9 Å². The largest absolute Gasteiger partial charge is 0.369 e. The molecule has 2 N–H and O–H groups in total. The Morgan fingerprint density at radius 3 is 2.53 bits per heavy atom. The molecule has 1 fully saturated rings. The van der Waals surface area contributed by atoms with Crippen molar-refractivity contribution in [1.82, 2.24) is 4.90 Å². The number of hydrogen-bond acceptors (Lipinski definition) is 3. The quantitative estimate of drug-likeness (QED) is 0.876. The third kappa shape index (κ3) is 3.48. The van der Waals surface area contributed by atoms with Crippen LogP contribution in [-0.4, -0.2) is 43.0 Å². The number of hydrogen-bond donors (Lipinski definition) is 1. The molecule has 0 aromatic heterocycles. The summed E-state index contributed by atoms with van der Waals surface area (Å²) in [6, 6.07) is 7.05. The van der Waals surface area contributed by atoms with Crippen molar-refractivity contribution in [3.05, 3.63) is 35.4 Å². The van der Waals surface area contributed by atoms with E-state index in [0.717, 1.165) is 5.56 Å². The Morgan fingerprint density at radius 1 is 1.37 bits per heavy atom. The van der Waals surface area contributed by atoms with Crippen molar-refractivity contribution in [1.29, 1.82) is 0 Å². The molecule has 1 saturated heterocycles. The third-order valence-electron chi connectivity index (χ3n) is 3.03. The second-order valence-electron chi connectivity index (χ2n) is 4.46. The standard InChI is InChI=1S/C13H16F2N2O2/c14-12(15)8-19-11-6-17(7-11)13(18)10-3-1-9(5-16)2-4-10/h1-4,11-12H,5-8,16H2. The highest BCUT2D eigenvalue weighted by molar-refractivity contribution is 5.94. The van der Waals surface area contributed by atoms with Gasteiger partial charge in [-0.25, -0.2) is 8.78 Å². The average molecular weight is 270 g/mol. The predicted molar refractivity (Wildman–Crippen MR) is 66.0 cm³/mol. The summed E-state index contributed by atoms with van der Waals surface area (Å²) >= 11 is 0. The van der Waals surface area contributed by atoms with E-state index >= 15 is 0 Å². The van der Waals surface area contributed by atoms with Gasteiger partial charge in [-0.1, -0.05) is 12.1 Å². The van der Waals surface area contributed by atoms with Gasteiger partial charge >= 0.3 is 0 Å². The van der Waals surface area contributed by atoms with Crippen LogP contribution in [0.3, 0.4) is 0 Å². The maximum absolute atomic E-state index is 12.0. The zero-order chi connectivity index (χ0) is 13.8. The van der Waals surface area contributed by atoms with Crippen LogP contribution in [0.5, 0.6) is 0 Å². The lowest BCUT2D eigenvalue weighted by molar-refractivity contribution is -0.0775. The summed E-state index contributed by atoms with van der Waals surface area (Å²) in [5.74, 6) is -0.111. The van der Waals surface area contributed by atoms with Crippen molar-refractivity contribution in [2.24, 2.45) is 5.73 Å². The predicted octanol–water partition coefficient (Wildman–Crippen LogP) is 1.25. The maximum atomic E-state index is 12.0. The van der Waals surface area contributed by atoms with E-state index in [-0.39, 0.29) is 12.0 Å². The zero-order valence-electron chi connectivity index (χ0n) is 10.4. The van der Waals surface area contributed by atoms with Crippen molar-refractivity contribution in [2.75, 3.05) is 19.7 Å². The summed E-state index contributed by atoms with van der Waals surface area (Å²) in [5.41, 5.74) is 7.01. The maximum Gasteiger partial charge on any atom is 0.261 e. The van der Waals surface area contributed by atoms with Gasteiger partial charge in [-0.05, 0) is 17.7 Å². The van der Waals surface area contributed by atoms with Crippen LogP contribution in [0.4, 0.5) is 8.78 Å². The molecule has 104 valence electrons. The number of ether oxygens (including phenoxy) is 1. The van der Waals surface area contributed by atoms with Gasteiger partial charge < -0.3 is 15.4 Å². The summed E-state index contributed by atoms with van der Waals surface area (Å²) in [6.45, 7) is 0.591. The fourth-order valence-corrected chi connectivity index (χ4v) is 1.88. The van der Waals surface area contributed by atoms with Crippen molar-refractivity contribution >= 4 is 5.91 Å². The molecule has 0 saturated carbocycles. The summed E-state index contributed by atoms with van der Waals surface area (Å²) in [5, 5.41) is 0. The normalized spacial score (nSPS) is 15.7. The number of nitrogens with two attached hydrogens (primary N) is 1. The molecule has 0 atom stereocenters. The fourth-order valence-electron chi connectivity index (χ4n) is 1.88. The fraction of sp³-hybridized carbons (Fsp3) is 0.462. The lowest BCUT2D eigenvalue weighted by atomic mass is 10.1. The molecule has 19 heavy (non-hydrogen) atoms. The first-order valence-corrected chi connectivity index (χ1v) is 6.08. The summed E-state index contributed by atoms with van der Waals surface area (Å²) < 4.78 is 28.8. The van der Waals surface area contributed by atoms with Gasteiger partial charge in [-0.2, -0.15) is 0 Å². The number of carbonyl (C=O) groups excluding carboxylic acids is 1. The van der Waals surface area contributed by atoms with E-state index in [4.69, 9.17) is 10.5 Å². The van der Waals surface area contributed by atoms with Crippen molar-refractivity contribution in [2.45, 2.75) is 19.1 Å². The summed E-state index contributed by atoms with van der Waals surface area (Å²) in [4.78, 5) is 13.6. The van der Waals surface area contributed by atoms with Crippen LogP contribution in [-0.2, 0) is 11.3 Å². The van der Waals surface area contributed by atoms with E-state index in [1.165, 1.54) is 0 Å². The van der Waals surface area contributed by atoms with E-state index in [9.17, 15) is 13.6 Å². The molecule has 1 amide bonds. The smallest absolute Gasteiger partial charge is 0.261 e. The zero-order valence-corrected chi connectivity index (χ0v) is 10.4. The first-order chi connectivity index (χ1) is 9.10. The SMILES string of the molecule is NCc1ccc(C(=O)N2CC(OCC(F)F)C2)cc1. The van der Waals surface area contributed by atoms with Gasteiger partial charge in [-0.3, -0.25) is 4.79 Å². The molecule has 1 heterocycles. The molecule has 6 heteroatoms. The molecular formula is C13H16F2N2O2. The number of alkyl halides is 2. The van der Waals surface area contributed by atoms with Gasteiger partial charge in [0, 0.05) is 25.2 Å². The van der Waals surface area contributed by atoms with Crippen LogP contribution < -0.4 is 5.73 Å². The molecular weight excluding hydrogens is 254 g/mol. The summed E-state index contributed by atoms with van der Waals surface area (Å²) in [7, 11) is 0. The Kier molecular flexibility index (Phi) is 4.44. The van der Waals surface area contributed by atoms with Gasteiger partial charge in [0.15, 0.2) is 0 Å². The van der Waals surface area contributed by atoms with Crippen LogP contribution in [0.15, 0.2) is 24.3 Å². The van der Waals surface area contributed by atoms with Gasteiger partial charge in [-0.15, -0.1) is 0 Å². The minimum atomic E-state index is -2.46. The van der Waals surface area contributed by atoms with Crippen LogP contribution in [0, 0.1) is 0 Å². The van der Waals surface area contributed by atoms with Crippen molar-refractivity contribution in [3.8, 4) is 0 Å². The van der Waals surface area contributed by atoms with Crippen molar-refractivity contribution < 1.29 is 18.3 Å². The Labute approximate surface area is 110 Å². The number of amides is 1. The number of nitrogens with zero attached hydrogens (tertiary/aromatic N) is 1. The highest BCUT2D eigenvalue weighted by Gasteiger charge is 2.32. The molecule has 1 aromatic rings. The lowest BCUT2D eigenvalue weighted by Gasteiger charge is -2.38. The van der Waals surface area contributed by atoms with Gasteiger partial charge in [0.05, 0.1) is 6.10 Å². The second kappa shape index (κ2) is 6.08. The Balaban J connectivity index is 1.82. The third-order valence-corrected chi connectivity index (χ3v) is 3.03. The first kappa shape index (κ1) is 13.9. The Bertz CT molecular complexity index is 431. The molecule has 0 radical (unpaired) electrons. The number of carbonyl (C=O) groups is 1. The van der Waals surface area contributed by atoms with Gasteiger partial charge in [0.25, 0.3) is 12.3 Å². The lowest BCUT2D eigenvalue weighted by Crippen LogP contribution is -2.55. The molecule has 1 aromatic carbocycles. The molecule has 0 unspecified atom stereocenters. The molecule has 4 nitrogen and oxygen atoms in total. The Hall–Kier alpha value is -1.53. The molecule has 0 bridgehead atoms. The van der Waals surface area contributed by atoms with E-state index in [2.05, 4.69) is 0 Å². The van der Waals surface area contributed by atoms with Crippen molar-refractivity contribution in [3.63, 3.8) is 0 Å². The van der Waals surface area contributed by atoms with Gasteiger partial charge in [0.1, 0.15) is 6.61 Å². The molecule has 0 spiro atoms. The van der Waals surface area contributed by atoms with E-state index in [1.807, 2.05) is 0 Å². The number of benzene rings is 1. The monoisotopic (exact) mass is 270 g/mol. The average Bonchev–Trinajstić information content (AvgIpc) is 2.36. The number of likely N-dealkylation sites (tertiary alicyclic amines) is 1. The van der Waals surface area contributed by atoms with Gasteiger partial charge in [0.2, 0.25) is 0 Å².